The van der Waals surface area contributed by atoms with Gasteiger partial charge in [-0.1, -0.05) is 19.8 Å². The number of hydrogen-bond donors (Lipinski definition) is 0. The molecule has 3 heteroatoms. The Balaban J connectivity index is 1.95. The van der Waals surface area contributed by atoms with Crippen LogP contribution in [0.5, 0.6) is 0 Å². The van der Waals surface area contributed by atoms with Gasteiger partial charge in [-0.05, 0) is 43.0 Å². The van der Waals surface area contributed by atoms with Crippen LogP contribution in [0, 0.1) is 5.92 Å². The molecule has 0 atom stereocenters. The topological polar surface area (TPSA) is 23.6 Å². The molecule has 20 heavy (non-hydrogen) atoms. The molecule has 1 aromatic rings. The van der Waals surface area contributed by atoms with Crippen LogP contribution in [0.2, 0.25) is 0 Å². The van der Waals surface area contributed by atoms with Gasteiger partial charge in [-0.2, -0.15) is 0 Å². The molecule has 2 rings (SSSR count). The number of benzene rings is 1. The van der Waals surface area contributed by atoms with Crippen LogP contribution >= 0.6 is 0 Å². The van der Waals surface area contributed by atoms with Gasteiger partial charge in [0.05, 0.1) is 0 Å². The minimum Gasteiger partial charge on any atom is -0.378 e. The van der Waals surface area contributed by atoms with Gasteiger partial charge >= 0.3 is 0 Å². The van der Waals surface area contributed by atoms with Gasteiger partial charge in [0.1, 0.15) is 0 Å². The Bertz CT molecular complexity index is 431. The summed E-state index contributed by atoms with van der Waals surface area (Å²) in [5.41, 5.74) is 1.94. The highest BCUT2D eigenvalue weighted by molar-refractivity contribution is 5.94. The minimum atomic E-state index is 0.185. The molecule has 3 nitrogen and oxygen atoms in total. The number of hydrogen-bond acceptors (Lipinski definition) is 2. The maximum Gasteiger partial charge on any atom is 0.253 e. The van der Waals surface area contributed by atoms with Gasteiger partial charge in [0, 0.05) is 38.4 Å². The van der Waals surface area contributed by atoms with E-state index in [0.717, 1.165) is 43.1 Å². The van der Waals surface area contributed by atoms with Crippen molar-refractivity contribution in [3.63, 3.8) is 0 Å². The van der Waals surface area contributed by atoms with Crippen LogP contribution in [0.1, 0.15) is 43.0 Å². The van der Waals surface area contributed by atoms with Gasteiger partial charge in [-0.3, -0.25) is 4.79 Å². The molecule has 0 aromatic heterocycles. The molecule has 0 bridgehead atoms. The number of anilines is 1. The molecule has 1 aromatic carbocycles. The molecule has 0 aliphatic carbocycles. The maximum atomic E-state index is 12.5. The van der Waals surface area contributed by atoms with E-state index in [-0.39, 0.29) is 5.91 Å². The fourth-order valence-corrected chi connectivity index (χ4v) is 2.92. The number of rotatable bonds is 4. The normalized spacial score (nSPS) is 16.2. The third-order valence-corrected chi connectivity index (χ3v) is 4.23. The highest BCUT2D eigenvalue weighted by Crippen LogP contribution is 2.23. The van der Waals surface area contributed by atoms with Crippen LogP contribution in [0.4, 0.5) is 5.69 Å². The molecule has 1 saturated heterocycles. The van der Waals surface area contributed by atoms with Crippen molar-refractivity contribution in [3.05, 3.63) is 29.8 Å². The van der Waals surface area contributed by atoms with Gasteiger partial charge in [0.25, 0.3) is 5.91 Å². The highest BCUT2D eigenvalue weighted by Gasteiger charge is 2.22. The van der Waals surface area contributed by atoms with Crippen LogP contribution in [0.15, 0.2) is 24.3 Å². The predicted octanol–water partition coefficient (Wildman–Crippen LogP) is 3.40. The quantitative estimate of drug-likeness (QED) is 0.840. The Morgan fingerprint density at radius 2 is 1.80 bits per heavy atom. The smallest absolute Gasteiger partial charge is 0.253 e. The van der Waals surface area contributed by atoms with Crippen LogP contribution in [-0.4, -0.2) is 38.0 Å². The third kappa shape index (κ3) is 3.53. The number of likely N-dealkylation sites (tertiary alicyclic amines) is 1. The SMILES string of the molecule is CCCC1CCN(C(=O)c2ccc(N(C)C)cc2)CC1. The largest absolute Gasteiger partial charge is 0.378 e. The molecular weight excluding hydrogens is 248 g/mol. The average molecular weight is 274 g/mol. The second-order valence-electron chi connectivity index (χ2n) is 5.97. The molecule has 0 saturated carbocycles. The fraction of sp³-hybridized carbons (Fsp3) is 0.588. The molecule has 0 radical (unpaired) electrons. The van der Waals surface area contributed by atoms with Gasteiger partial charge < -0.3 is 9.80 Å². The van der Waals surface area contributed by atoms with E-state index in [1.165, 1.54) is 12.8 Å². The first-order valence-electron chi connectivity index (χ1n) is 7.68. The van der Waals surface area contributed by atoms with Crippen molar-refractivity contribution >= 4 is 11.6 Å². The predicted molar refractivity (Wildman–Crippen MR) is 84.3 cm³/mol. The molecule has 1 aliphatic heterocycles. The standard InChI is InChI=1S/C17H26N2O/c1-4-5-14-10-12-19(13-11-14)17(20)15-6-8-16(9-7-15)18(2)3/h6-9,14H,4-5,10-13H2,1-3H3. The minimum absolute atomic E-state index is 0.185. The third-order valence-electron chi connectivity index (χ3n) is 4.23. The first kappa shape index (κ1) is 14.9. The van der Waals surface area contributed by atoms with Crippen LogP contribution in [0.3, 0.4) is 0 Å². The first-order valence-corrected chi connectivity index (χ1v) is 7.68. The van der Waals surface area contributed by atoms with Crippen LogP contribution < -0.4 is 4.90 Å². The maximum absolute atomic E-state index is 12.5. The molecule has 1 amide bonds. The Kier molecular flexibility index (Phi) is 5.05. The van der Waals surface area contributed by atoms with E-state index >= 15 is 0 Å². The molecule has 1 fully saturated rings. The Labute approximate surface area is 122 Å². The van der Waals surface area contributed by atoms with Crippen molar-refractivity contribution in [2.24, 2.45) is 5.92 Å². The zero-order valence-corrected chi connectivity index (χ0v) is 12.9. The molecule has 110 valence electrons. The van der Waals surface area contributed by atoms with Crippen molar-refractivity contribution in [1.29, 1.82) is 0 Å². The van der Waals surface area contributed by atoms with Crippen molar-refractivity contribution < 1.29 is 4.79 Å². The molecule has 1 aliphatic rings. The summed E-state index contributed by atoms with van der Waals surface area (Å²) in [6.45, 7) is 4.07. The molecule has 0 unspecified atom stereocenters. The summed E-state index contributed by atoms with van der Waals surface area (Å²) in [5, 5.41) is 0. The van der Waals surface area contributed by atoms with E-state index in [1.807, 2.05) is 48.2 Å². The number of carbonyl (C=O) groups is 1. The van der Waals surface area contributed by atoms with E-state index in [1.54, 1.807) is 0 Å². The van der Waals surface area contributed by atoms with Crippen LogP contribution in [0.25, 0.3) is 0 Å². The summed E-state index contributed by atoms with van der Waals surface area (Å²) in [6, 6.07) is 7.90. The van der Waals surface area contributed by atoms with Gasteiger partial charge in [-0.25, -0.2) is 0 Å². The van der Waals surface area contributed by atoms with Crippen molar-refractivity contribution in [2.45, 2.75) is 32.6 Å². The Morgan fingerprint density at radius 1 is 1.20 bits per heavy atom. The Morgan fingerprint density at radius 3 is 2.30 bits per heavy atom. The van der Waals surface area contributed by atoms with E-state index in [9.17, 15) is 4.79 Å². The van der Waals surface area contributed by atoms with E-state index in [0.29, 0.717) is 0 Å². The summed E-state index contributed by atoms with van der Waals surface area (Å²) in [4.78, 5) is 16.5. The summed E-state index contributed by atoms with van der Waals surface area (Å²) in [6.07, 6.45) is 4.88. The molecular formula is C17H26N2O. The lowest BCUT2D eigenvalue weighted by atomic mass is 9.92. The van der Waals surface area contributed by atoms with Crippen LogP contribution in [-0.2, 0) is 0 Å². The lowest BCUT2D eigenvalue weighted by Gasteiger charge is -2.32. The highest BCUT2D eigenvalue weighted by atomic mass is 16.2. The molecule has 0 N–H and O–H groups in total. The summed E-state index contributed by atoms with van der Waals surface area (Å²) in [5.74, 6) is 1.01. The monoisotopic (exact) mass is 274 g/mol. The summed E-state index contributed by atoms with van der Waals surface area (Å²) in [7, 11) is 4.02. The lowest BCUT2D eigenvalue weighted by Crippen LogP contribution is -2.38. The number of nitrogens with zero attached hydrogens (tertiary/aromatic N) is 2. The first-order chi connectivity index (χ1) is 9.61. The number of piperidine rings is 1. The van der Waals surface area contributed by atoms with E-state index in [2.05, 4.69) is 6.92 Å². The van der Waals surface area contributed by atoms with Crippen molar-refractivity contribution in [2.75, 3.05) is 32.1 Å². The van der Waals surface area contributed by atoms with E-state index < -0.39 is 0 Å². The number of carbonyl (C=O) groups excluding carboxylic acids is 1. The van der Waals surface area contributed by atoms with Crippen molar-refractivity contribution in [1.82, 2.24) is 4.90 Å². The zero-order valence-electron chi connectivity index (χ0n) is 12.9. The summed E-state index contributed by atoms with van der Waals surface area (Å²) < 4.78 is 0. The molecule has 1 heterocycles. The van der Waals surface area contributed by atoms with E-state index in [4.69, 9.17) is 0 Å². The fourth-order valence-electron chi connectivity index (χ4n) is 2.92. The average Bonchev–Trinajstić information content (AvgIpc) is 2.48. The summed E-state index contributed by atoms with van der Waals surface area (Å²) >= 11 is 0. The second-order valence-corrected chi connectivity index (χ2v) is 5.97. The second kappa shape index (κ2) is 6.78. The van der Waals surface area contributed by atoms with Crippen molar-refractivity contribution in [3.8, 4) is 0 Å². The van der Waals surface area contributed by atoms with Gasteiger partial charge in [0.15, 0.2) is 0 Å². The van der Waals surface area contributed by atoms with Gasteiger partial charge in [0.2, 0.25) is 0 Å². The zero-order chi connectivity index (χ0) is 14.5. The Hall–Kier alpha value is -1.51. The van der Waals surface area contributed by atoms with Gasteiger partial charge in [-0.15, -0.1) is 0 Å². The lowest BCUT2D eigenvalue weighted by molar-refractivity contribution is 0.0686. The number of amides is 1. The molecule has 0 spiro atoms.